The van der Waals surface area contributed by atoms with Crippen molar-refractivity contribution < 1.29 is 86.5 Å². The highest BCUT2D eigenvalue weighted by atomic mass is 19.3. The number of rotatable bonds is 31. The van der Waals surface area contributed by atoms with Crippen molar-refractivity contribution in [1.82, 2.24) is 45.3 Å². The molecule has 4 aromatic heterocycles. The molecule has 0 radical (unpaired) electrons. The van der Waals surface area contributed by atoms with Crippen LogP contribution in [-0.4, -0.2) is 273 Å². The van der Waals surface area contributed by atoms with E-state index in [0.29, 0.717) is 23.0 Å². The fraction of sp³-hybridized carbons (Fsp3) is 0.773. The Labute approximate surface area is 707 Å². The minimum Gasteiger partial charge on any atom is -0.486 e. The minimum absolute atomic E-state index is 0.0803. The van der Waals surface area contributed by atoms with Gasteiger partial charge in [0.2, 0.25) is 0 Å². The first-order valence-corrected chi connectivity index (χ1v) is 41.5. The van der Waals surface area contributed by atoms with Gasteiger partial charge < -0.3 is 68.0 Å². The van der Waals surface area contributed by atoms with E-state index in [-0.39, 0.29) is 33.7 Å². The largest absolute Gasteiger partial charge is 0.486 e. The third-order valence-corrected chi connectivity index (χ3v) is 17.7. The maximum atomic E-state index is 13.9. The number of nitrogens with one attached hydrogen (secondary N) is 2. The molecule has 0 unspecified atom stereocenters. The van der Waals surface area contributed by atoms with E-state index in [0.717, 1.165) is 115 Å². The molecule has 2 N–H and O–H groups in total. The first-order chi connectivity index (χ1) is 54.1. The van der Waals surface area contributed by atoms with Gasteiger partial charge in [0, 0.05) is 118 Å². The van der Waals surface area contributed by atoms with Crippen molar-refractivity contribution in [2.75, 3.05) is 172 Å². The van der Waals surface area contributed by atoms with Gasteiger partial charge in [0.15, 0.2) is 26.4 Å². The summed E-state index contributed by atoms with van der Waals surface area (Å²) in [6.45, 7) is 62.2. The van der Waals surface area contributed by atoms with E-state index >= 15 is 0 Å². The normalized spacial score (nSPS) is 16.0. The molecule has 3 aliphatic heterocycles. The van der Waals surface area contributed by atoms with Gasteiger partial charge in [0.25, 0.3) is 17.8 Å². The third-order valence-electron chi connectivity index (χ3n) is 17.7. The van der Waals surface area contributed by atoms with Crippen LogP contribution in [0.15, 0.2) is 73.3 Å². The van der Waals surface area contributed by atoms with Gasteiger partial charge in [-0.2, -0.15) is 0 Å². The molecule has 0 spiro atoms. The van der Waals surface area contributed by atoms with Crippen molar-refractivity contribution >= 4 is 17.5 Å². The number of anilines is 3. The summed E-state index contributed by atoms with van der Waals surface area (Å²) in [5, 5.41) is 5.62. The van der Waals surface area contributed by atoms with Gasteiger partial charge in [0.05, 0.1) is 73.0 Å². The molecule has 0 amide bonds. The van der Waals surface area contributed by atoms with E-state index in [9.17, 15) is 43.9 Å². The SMILES string of the molecule is CC(C)(C)NCC(F)(F)COc1ccc(N2CCN(C(C)(C)C)CC2)nc1.CC(C)(C)OCC(F)(F)COC(C)(C)C.CC(C)(C)OCC(F)(F)COc1ccc(C(C)(C)C)nc1.CC(C)(C)OCC(F)(F)COc1ccc(N2CCN(C(C)(C)C)CC2)nc1.CC(C)OCCN1CCN(c2ccc(OCC(F)(F)CNC(C)(C)C)cn2)CC1. The predicted octanol–water partition coefficient (Wildman–Crippen LogP) is 17.7. The van der Waals surface area contributed by atoms with Crippen LogP contribution in [0.5, 0.6) is 23.0 Å². The molecule has 119 heavy (non-hydrogen) atoms. The first kappa shape index (κ1) is 107. The van der Waals surface area contributed by atoms with Crippen LogP contribution in [0.1, 0.15) is 206 Å². The molecule has 7 heterocycles. The Morgan fingerprint density at radius 2 is 0.588 bits per heavy atom. The Morgan fingerprint density at radius 1 is 0.328 bits per heavy atom. The average Bonchev–Trinajstić information content (AvgIpc) is 0.847. The summed E-state index contributed by atoms with van der Waals surface area (Å²) in [4.78, 5) is 31.3. The molecule has 31 heteroatoms. The summed E-state index contributed by atoms with van der Waals surface area (Å²) < 4.78 is 184. The lowest BCUT2D eigenvalue weighted by Gasteiger charge is -2.42. The molecule has 4 aromatic rings. The van der Waals surface area contributed by atoms with Gasteiger partial charge in [-0.25, -0.2) is 58.9 Å². The van der Waals surface area contributed by atoms with Gasteiger partial charge in [-0.3, -0.25) is 19.7 Å². The molecule has 0 aliphatic carbocycles. The van der Waals surface area contributed by atoms with E-state index in [2.05, 4.69) is 102 Å². The minimum atomic E-state index is -3.05. The molecular formula is C88H150F10N12O9. The standard InChI is InChI=1S/C21H36F2N4O2.C20H34F2N4O.C20H33F2N3O2.C16H25F2NO2.C11H22F2O2/c1-17(2)28-13-12-26-8-10-27(11-9-26)19-7-6-18(14-24-19)29-16-21(22,23)15-25-20(3,4)5;1-18(2,3)24-14-20(21,22)15-27-16-7-8-17(23-13-16)25-9-11-26(12-10-25)19(4,5)6;1-18(2,3)25-11-9-24(10-12-25)17-8-7-16(13-23-17)26-14-20(21,22)15-27-19(4,5)6;1-14(2,3)13-8-7-12(9-19-13)20-10-16(17,18)11-21-15(4,5)6;1-9(2,3)14-7-11(12,13)8-15-10(4,5)6/h6-7,14,17,25H,8-13,15-16H2,1-5H3;7-8,13,24H,9-12,14-15H2,1-6H3;7-8,13H,9-12,14-15H2,1-6H3;7-9H,10-11H2,1-6H3;7-8H2,1-6H3. The quantitative estimate of drug-likeness (QED) is 0.0454. The second-order valence-electron chi connectivity index (χ2n) is 40.0. The number of halogens is 10. The van der Waals surface area contributed by atoms with Crippen LogP contribution in [0.2, 0.25) is 0 Å². The van der Waals surface area contributed by atoms with Gasteiger partial charge in [-0.05, 0) is 229 Å². The van der Waals surface area contributed by atoms with Crippen LogP contribution in [0.3, 0.4) is 0 Å². The van der Waals surface area contributed by atoms with E-state index in [1.54, 1.807) is 113 Å². The number of alkyl halides is 10. The molecule has 3 saturated heterocycles. The van der Waals surface area contributed by atoms with E-state index in [1.165, 1.54) is 24.8 Å². The van der Waals surface area contributed by atoms with Crippen molar-refractivity contribution in [2.45, 2.75) is 286 Å². The molecule has 3 aliphatic rings. The Bertz CT molecular complexity index is 3310. The number of hydrogen-bond acceptors (Lipinski definition) is 21. The molecule has 686 valence electrons. The molecule has 21 nitrogen and oxygen atoms in total. The smallest absolute Gasteiger partial charge is 0.304 e. The Hall–Kier alpha value is -5.90. The van der Waals surface area contributed by atoms with Gasteiger partial charge in [-0.15, -0.1) is 0 Å². The number of hydrogen-bond donors (Lipinski definition) is 2. The van der Waals surface area contributed by atoms with Crippen molar-refractivity contribution in [3.05, 3.63) is 79.0 Å². The number of nitrogens with zero attached hydrogens (tertiary/aromatic N) is 10. The molecule has 0 saturated carbocycles. The third kappa shape index (κ3) is 49.3. The van der Waals surface area contributed by atoms with Crippen LogP contribution in [0.25, 0.3) is 0 Å². The van der Waals surface area contributed by atoms with Crippen LogP contribution in [-0.2, 0) is 29.1 Å². The van der Waals surface area contributed by atoms with Crippen molar-refractivity contribution in [2.24, 2.45) is 0 Å². The summed E-state index contributed by atoms with van der Waals surface area (Å²) in [6, 6.07) is 14.1. The Balaban J connectivity index is 0.000000391. The molecule has 7 rings (SSSR count). The lowest BCUT2D eigenvalue weighted by atomic mass is 9.92. The molecule has 0 aromatic carbocycles. The first-order valence-electron chi connectivity index (χ1n) is 41.5. The second kappa shape index (κ2) is 45.6. The summed E-state index contributed by atoms with van der Waals surface area (Å²) in [6.07, 6.45) is 6.29. The predicted molar refractivity (Wildman–Crippen MR) is 458 cm³/mol. The van der Waals surface area contributed by atoms with E-state index < -0.39 is 118 Å². The topological polar surface area (TPSA) is 178 Å². The lowest BCUT2D eigenvalue weighted by molar-refractivity contribution is -0.172. The van der Waals surface area contributed by atoms with Gasteiger partial charge in [0.1, 0.15) is 66.9 Å². The fourth-order valence-corrected chi connectivity index (χ4v) is 10.7. The van der Waals surface area contributed by atoms with Crippen molar-refractivity contribution in [1.29, 1.82) is 0 Å². The summed E-state index contributed by atoms with van der Waals surface area (Å²) in [7, 11) is 0. The average molecular weight is 1710 g/mol. The van der Waals surface area contributed by atoms with Crippen LogP contribution >= 0.6 is 0 Å². The number of piperazine rings is 3. The zero-order valence-electron chi connectivity index (χ0n) is 77.4. The maximum absolute atomic E-state index is 13.9. The number of aromatic nitrogens is 4. The van der Waals surface area contributed by atoms with Gasteiger partial charge in [-0.1, -0.05) is 20.8 Å². The summed E-state index contributed by atoms with van der Waals surface area (Å²) in [5.41, 5.74) is -1.88. The summed E-state index contributed by atoms with van der Waals surface area (Å²) >= 11 is 0. The monoisotopic (exact) mass is 1710 g/mol. The highest BCUT2D eigenvalue weighted by Crippen LogP contribution is 2.30. The van der Waals surface area contributed by atoms with Crippen LogP contribution in [0.4, 0.5) is 61.4 Å². The fourth-order valence-electron chi connectivity index (χ4n) is 10.7. The number of ether oxygens (including phenoxy) is 9. The highest BCUT2D eigenvalue weighted by molar-refractivity contribution is 5.43. The zero-order valence-corrected chi connectivity index (χ0v) is 77.4. The van der Waals surface area contributed by atoms with Gasteiger partial charge >= 0.3 is 11.8 Å². The Morgan fingerprint density at radius 3 is 0.815 bits per heavy atom. The highest BCUT2D eigenvalue weighted by Gasteiger charge is 2.38. The Kier molecular flexibility index (Phi) is 41.2. The second-order valence-corrected chi connectivity index (χ2v) is 40.0. The number of pyridine rings is 4. The lowest BCUT2D eigenvalue weighted by Crippen LogP contribution is -2.53. The van der Waals surface area contributed by atoms with Crippen LogP contribution in [0, 0.1) is 0 Å². The van der Waals surface area contributed by atoms with Crippen molar-refractivity contribution in [3.63, 3.8) is 0 Å². The molecular weight excluding hydrogens is 1560 g/mol. The van der Waals surface area contributed by atoms with Crippen molar-refractivity contribution in [3.8, 4) is 23.0 Å². The molecule has 0 bridgehead atoms. The maximum Gasteiger partial charge on any atom is 0.304 e. The zero-order chi connectivity index (χ0) is 90.7. The van der Waals surface area contributed by atoms with E-state index in [4.69, 9.17) is 42.6 Å². The summed E-state index contributed by atoms with van der Waals surface area (Å²) in [5.74, 6) is -11.0. The van der Waals surface area contributed by atoms with Crippen LogP contribution < -0.4 is 44.3 Å². The molecule has 0 atom stereocenters. The molecule has 3 fully saturated rings. The van der Waals surface area contributed by atoms with E-state index in [1.807, 2.05) is 94.4 Å².